The van der Waals surface area contributed by atoms with E-state index in [1.165, 1.54) is 6.07 Å². The fraction of sp³-hybridized carbons (Fsp3) is 0.176. The van der Waals surface area contributed by atoms with Gasteiger partial charge in [0.2, 0.25) is 5.91 Å². The number of hydrogen-bond donors (Lipinski definition) is 2. The molecule has 0 saturated carbocycles. The molecule has 3 rings (SSSR count). The number of rotatable bonds is 4. The predicted molar refractivity (Wildman–Crippen MR) is 97.6 cm³/mol. The lowest BCUT2D eigenvalue weighted by Gasteiger charge is -2.07. The van der Waals surface area contributed by atoms with Gasteiger partial charge in [0.05, 0.1) is 22.2 Å². The summed E-state index contributed by atoms with van der Waals surface area (Å²) in [6.07, 6.45) is 0.109. The first-order valence-corrected chi connectivity index (χ1v) is 9.45. The number of anilines is 1. The molecule has 0 bridgehead atoms. The minimum atomic E-state index is -3.56. The molecule has 1 amide bonds. The Morgan fingerprint density at radius 1 is 1.24 bits per heavy atom. The molecule has 1 heterocycles. The maximum absolute atomic E-state index is 12.0. The number of carbonyl (C=O) groups is 1. The highest BCUT2D eigenvalue weighted by Crippen LogP contribution is 2.23. The number of benzene rings is 2. The van der Waals surface area contributed by atoms with E-state index in [-0.39, 0.29) is 29.6 Å². The highest BCUT2D eigenvalue weighted by Gasteiger charge is 2.29. The van der Waals surface area contributed by atoms with E-state index in [1.807, 2.05) is 13.0 Å². The maximum atomic E-state index is 12.0. The Kier molecular flexibility index (Phi) is 4.78. The van der Waals surface area contributed by atoms with Gasteiger partial charge in [0, 0.05) is 12.0 Å². The van der Waals surface area contributed by atoms with Gasteiger partial charge in [-0.15, -0.1) is 0 Å². The number of amides is 1. The van der Waals surface area contributed by atoms with Gasteiger partial charge in [-0.3, -0.25) is 14.5 Å². The van der Waals surface area contributed by atoms with E-state index in [1.54, 1.807) is 30.3 Å². The standard InChI is InChI=1S/C17H16ClN3O3S/c1-11-6-7-14(13(18)10-11)20-16(22)8-9-19-17-12-4-2-3-5-15(12)25(23,24)21-17/h2-7,10H,8-9H2,1H3,(H,19,21)(H,20,22). The molecule has 0 unspecified atom stereocenters. The van der Waals surface area contributed by atoms with Crippen LogP contribution in [0.1, 0.15) is 17.5 Å². The SMILES string of the molecule is Cc1ccc(NC(=O)CCN=C2NS(=O)(=O)c3ccccc32)c(Cl)c1. The van der Waals surface area contributed by atoms with Crippen LogP contribution in [0, 0.1) is 6.92 Å². The summed E-state index contributed by atoms with van der Waals surface area (Å²) >= 11 is 6.08. The number of aliphatic imine (C=N–C) groups is 1. The molecule has 1 aliphatic heterocycles. The third-order valence-electron chi connectivity index (χ3n) is 3.67. The zero-order chi connectivity index (χ0) is 18.0. The number of aryl methyl sites for hydroxylation is 1. The average molecular weight is 378 g/mol. The van der Waals surface area contributed by atoms with Crippen molar-refractivity contribution in [2.45, 2.75) is 18.2 Å². The Hall–Kier alpha value is -2.38. The molecule has 0 atom stereocenters. The van der Waals surface area contributed by atoms with E-state index in [4.69, 9.17) is 11.6 Å². The van der Waals surface area contributed by atoms with Gasteiger partial charge in [-0.1, -0.05) is 29.8 Å². The molecule has 25 heavy (non-hydrogen) atoms. The molecule has 0 saturated heterocycles. The van der Waals surface area contributed by atoms with Crippen LogP contribution in [0.5, 0.6) is 0 Å². The predicted octanol–water partition coefficient (Wildman–Crippen LogP) is 2.72. The van der Waals surface area contributed by atoms with Crippen LogP contribution in [0.15, 0.2) is 52.4 Å². The van der Waals surface area contributed by atoms with Crippen LogP contribution < -0.4 is 10.0 Å². The van der Waals surface area contributed by atoms with E-state index in [2.05, 4.69) is 15.0 Å². The number of fused-ring (bicyclic) bond motifs is 1. The molecule has 0 fully saturated rings. The molecule has 1 aliphatic rings. The lowest BCUT2D eigenvalue weighted by Crippen LogP contribution is -2.23. The highest BCUT2D eigenvalue weighted by molar-refractivity contribution is 7.90. The van der Waals surface area contributed by atoms with Crippen molar-refractivity contribution in [1.82, 2.24) is 4.72 Å². The average Bonchev–Trinajstić information content (AvgIpc) is 2.82. The van der Waals surface area contributed by atoms with E-state index >= 15 is 0 Å². The van der Waals surface area contributed by atoms with Crippen LogP contribution in [0.4, 0.5) is 5.69 Å². The van der Waals surface area contributed by atoms with Gasteiger partial charge in [-0.05, 0) is 36.8 Å². The van der Waals surface area contributed by atoms with Crippen LogP contribution in [-0.2, 0) is 14.8 Å². The first-order valence-electron chi connectivity index (χ1n) is 7.59. The van der Waals surface area contributed by atoms with Gasteiger partial charge < -0.3 is 5.32 Å². The normalized spacial score (nSPS) is 16.3. The van der Waals surface area contributed by atoms with Crippen LogP contribution in [0.3, 0.4) is 0 Å². The first-order chi connectivity index (χ1) is 11.9. The van der Waals surface area contributed by atoms with E-state index in [9.17, 15) is 13.2 Å². The monoisotopic (exact) mass is 377 g/mol. The number of sulfonamides is 1. The summed E-state index contributed by atoms with van der Waals surface area (Å²) in [5.41, 5.74) is 2.06. The van der Waals surface area contributed by atoms with Gasteiger partial charge in [0.25, 0.3) is 10.0 Å². The second kappa shape index (κ2) is 6.85. The van der Waals surface area contributed by atoms with Crippen molar-refractivity contribution < 1.29 is 13.2 Å². The van der Waals surface area contributed by atoms with E-state index < -0.39 is 10.0 Å². The fourth-order valence-corrected chi connectivity index (χ4v) is 3.99. The van der Waals surface area contributed by atoms with Crippen molar-refractivity contribution in [2.75, 3.05) is 11.9 Å². The van der Waals surface area contributed by atoms with Crippen molar-refractivity contribution in [3.8, 4) is 0 Å². The quantitative estimate of drug-likeness (QED) is 0.858. The summed E-state index contributed by atoms with van der Waals surface area (Å²) in [6, 6.07) is 11.9. The topological polar surface area (TPSA) is 87.6 Å². The summed E-state index contributed by atoms with van der Waals surface area (Å²) < 4.78 is 26.4. The number of carbonyl (C=O) groups excluding carboxylic acids is 1. The molecule has 8 heteroatoms. The fourth-order valence-electron chi connectivity index (χ4n) is 2.45. The minimum Gasteiger partial charge on any atom is -0.325 e. The third kappa shape index (κ3) is 3.83. The number of amidine groups is 1. The smallest absolute Gasteiger partial charge is 0.263 e. The van der Waals surface area contributed by atoms with Gasteiger partial charge >= 0.3 is 0 Å². The zero-order valence-electron chi connectivity index (χ0n) is 13.4. The number of halogens is 1. The van der Waals surface area contributed by atoms with Crippen LogP contribution in [-0.4, -0.2) is 26.7 Å². The van der Waals surface area contributed by atoms with Crippen LogP contribution in [0.2, 0.25) is 5.02 Å². The molecule has 0 aromatic heterocycles. The molecule has 0 spiro atoms. The lowest BCUT2D eigenvalue weighted by molar-refractivity contribution is -0.116. The molecule has 6 nitrogen and oxygen atoms in total. The molecular formula is C17H16ClN3O3S. The Labute approximate surface area is 151 Å². The lowest BCUT2D eigenvalue weighted by atomic mass is 10.2. The highest BCUT2D eigenvalue weighted by atomic mass is 35.5. The minimum absolute atomic E-state index is 0.109. The summed E-state index contributed by atoms with van der Waals surface area (Å²) in [5.74, 6) is 0.0148. The first kappa shape index (κ1) is 17.4. The van der Waals surface area contributed by atoms with Gasteiger partial charge in [-0.25, -0.2) is 8.42 Å². The number of nitrogens with zero attached hydrogens (tertiary/aromatic N) is 1. The number of nitrogens with one attached hydrogen (secondary N) is 2. The second-order valence-electron chi connectivity index (χ2n) is 5.61. The summed E-state index contributed by atoms with van der Waals surface area (Å²) in [4.78, 5) is 16.4. The van der Waals surface area contributed by atoms with Crippen molar-refractivity contribution >= 4 is 39.1 Å². The summed E-state index contributed by atoms with van der Waals surface area (Å²) in [7, 11) is -3.56. The molecule has 130 valence electrons. The van der Waals surface area contributed by atoms with E-state index in [0.29, 0.717) is 16.3 Å². The van der Waals surface area contributed by atoms with Crippen molar-refractivity contribution in [3.05, 3.63) is 58.6 Å². The number of hydrogen-bond acceptors (Lipinski definition) is 4. The van der Waals surface area contributed by atoms with Crippen molar-refractivity contribution in [3.63, 3.8) is 0 Å². The molecule has 2 aromatic carbocycles. The molecule has 0 aliphatic carbocycles. The Morgan fingerprint density at radius 3 is 2.76 bits per heavy atom. The Bertz CT molecular complexity index is 971. The summed E-state index contributed by atoms with van der Waals surface area (Å²) in [6.45, 7) is 2.07. The van der Waals surface area contributed by atoms with Crippen LogP contribution in [0.25, 0.3) is 0 Å². The zero-order valence-corrected chi connectivity index (χ0v) is 15.0. The molecule has 2 N–H and O–H groups in total. The van der Waals surface area contributed by atoms with Crippen molar-refractivity contribution in [2.24, 2.45) is 4.99 Å². The van der Waals surface area contributed by atoms with Crippen LogP contribution >= 0.6 is 11.6 Å². The van der Waals surface area contributed by atoms with Crippen molar-refractivity contribution in [1.29, 1.82) is 0 Å². The molecule has 2 aromatic rings. The Balaban J connectivity index is 1.65. The van der Waals surface area contributed by atoms with Gasteiger partial charge in [0.15, 0.2) is 0 Å². The summed E-state index contributed by atoms with van der Waals surface area (Å²) in [5, 5.41) is 3.19. The van der Waals surface area contributed by atoms with E-state index in [0.717, 1.165) is 5.56 Å². The molecular weight excluding hydrogens is 362 g/mol. The molecule has 0 radical (unpaired) electrons. The largest absolute Gasteiger partial charge is 0.325 e. The van der Waals surface area contributed by atoms with Gasteiger partial charge in [0.1, 0.15) is 5.84 Å². The maximum Gasteiger partial charge on any atom is 0.263 e. The van der Waals surface area contributed by atoms with Gasteiger partial charge in [-0.2, -0.15) is 0 Å². The third-order valence-corrected chi connectivity index (χ3v) is 5.38. The second-order valence-corrected chi connectivity index (χ2v) is 7.67. The Morgan fingerprint density at radius 2 is 2.00 bits per heavy atom.